The predicted molar refractivity (Wildman–Crippen MR) is 55.3 cm³/mol. The maximum atomic E-state index is 12.9. The second-order valence-corrected chi connectivity index (χ2v) is 4.47. The Morgan fingerprint density at radius 1 is 1.00 bits per heavy atom. The van der Waals surface area contributed by atoms with Gasteiger partial charge in [-0.2, -0.15) is 0 Å². The van der Waals surface area contributed by atoms with Crippen LogP contribution in [0, 0.1) is 0 Å². The van der Waals surface area contributed by atoms with Crippen molar-refractivity contribution in [2.75, 3.05) is 52.4 Å². The van der Waals surface area contributed by atoms with E-state index in [1.807, 2.05) is 4.90 Å². The predicted octanol–water partition coefficient (Wildman–Crippen LogP) is 0.233. The standard InChI is InChI=1S/C10H19F2N3/c11-10(12)1-4-15(9-10)8-7-14-5-2-13-3-6-14/h13H,1-9H2. The SMILES string of the molecule is FC1(F)CCN(CCN2CCNCC2)C1. The fraction of sp³-hybridized carbons (Fsp3) is 1.00. The maximum absolute atomic E-state index is 12.9. The van der Waals surface area contributed by atoms with Gasteiger partial charge in [-0.15, -0.1) is 0 Å². The summed E-state index contributed by atoms with van der Waals surface area (Å²) in [5, 5.41) is 3.28. The first-order chi connectivity index (χ1) is 7.16. The van der Waals surface area contributed by atoms with Crippen LogP contribution in [0.15, 0.2) is 0 Å². The van der Waals surface area contributed by atoms with Gasteiger partial charge in [0.05, 0.1) is 6.54 Å². The van der Waals surface area contributed by atoms with Crippen LogP contribution in [-0.2, 0) is 0 Å². The molecule has 2 fully saturated rings. The van der Waals surface area contributed by atoms with E-state index in [0.717, 1.165) is 39.3 Å². The highest BCUT2D eigenvalue weighted by atomic mass is 19.3. The summed E-state index contributed by atoms with van der Waals surface area (Å²) >= 11 is 0. The quantitative estimate of drug-likeness (QED) is 0.733. The van der Waals surface area contributed by atoms with Gasteiger partial charge in [0, 0.05) is 52.2 Å². The van der Waals surface area contributed by atoms with Gasteiger partial charge in [-0.1, -0.05) is 0 Å². The Morgan fingerprint density at radius 3 is 2.27 bits per heavy atom. The first-order valence-electron chi connectivity index (χ1n) is 5.69. The second-order valence-electron chi connectivity index (χ2n) is 4.47. The second kappa shape index (κ2) is 4.72. The molecule has 0 atom stereocenters. The largest absolute Gasteiger partial charge is 0.314 e. The highest BCUT2D eigenvalue weighted by Gasteiger charge is 2.37. The Kier molecular flexibility index (Phi) is 3.53. The first kappa shape index (κ1) is 11.2. The minimum atomic E-state index is -2.44. The van der Waals surface area contributed by atoms with Gasteiger partial charge in [0.15, 0.2) is 0 Å². The molecule has 15 heavy (non-hydrogen) atoms. The molecule has 2 aliphatic rings. The number of alkyl halides is 2. The highest BCUT2D eigenvalue weighted by Crippen LogP contribution is 2.26. The van der Waals surface area contributed by atoms with Crippen molar-refractivity contribution in [2.24, 2.45) is 0 Å². The highest BCUT2D eigenvalue weighted by molar-refractivity contribution is 4.82. The first-order valence-corrected chi connectivity index (χ1v) is 5.69. The van der Waals surface area contributed by atoms with Crippen LogP contribution in [0.5, 0.6) is 0 Å². The summed E-state index contributed by atoms with van der Waals surface area (Å²) in [6, 6.07) is 0. The molecule has 3 nitrogen and oxygen atoms in total. The van der Waals surface area contributed by atoms with Crippen molar-refractivity contribution in [1.29, 1.82) is 0 Å². The van der Waals surface area contributed by atoms with Crippen LogP contribution in [0.2, 0.25) is 0 Å². The van der Waals surface area contributed by atoms with Crippen LogP contribution in [0.1, 0.15) is 6.42 Å². The Hall–Kier alpha value is -0.260. The summed E-state index contributed by atoms with van der Waals surface area (Å²) in [5.41, 5.74) is 0. The zero-order valence-corrected chi connectivity index (χ0v) is 9.01. The van der Waals surface area contributed by atoms with Crippen molar-refractivity contribution < 1.29 is 8.78 Å². The Bertz CT molecular complexity index is 205. The normalized spacial score (nSPS) is 28.4. The van der Waals surface area contributed by atoms with Crippen molar-refractivity contribution in [3.05, 3.63) is 0 Å². The van der Waals surface area contributed by atoms with Crippen LogP contribution < -0.4 is 5.32 Å². The van der Waals surface area contributed by atoms with Crippen LogP contribution >= 0.6 is 0 Å². The van der Waals surface area contributed by atoms with E-state index in [-0.39, 0.29) is 13.0 Å². The van der Waals surface area contributed by atoms with E-state index in [2.05, 4.69) is 10.2 Å². The van der Waals surface area contributed by atoms with Crippen LogP contribution in [0.3, 0.4) is 0 Å². The topological polar surface area (TPSA) is 18.5 Å². The number of nitrogens with one attached hydrogen (secondary N) is 1. The van der Waals surface area contributed by atoms with Gasteiger partial charge in [0.1, 0.15) is 0 Å². The zero-order chi connectivity index (χ0) is 10.7. The molecule has 0 bridgehead atoms. The number of likely N-dealkylation sites (tertiary alicyclic amines) is 1. The molecule has 2 saturated heterocycles. The van der Waals surface area contributed by atoms with Crippen molar-refractivity contribution >= 4 is 0 Å². The van der Waals surface area contributed by atoms with E-state index in [1.165, 1.54) is 0 Å². The third-order valence-corrected chi connectivity index (χ3v) is 3.19. The van der Waals surface area contributed by atoms with Gasteiger partial charge in [-0.05, 0) is 0 Å². The average Bonchev–Trinajstić information content (AvgIpc) is 2.57. The number of hydrogen-bond acceptors (Lipinski definition) is 3. The number of halogens is 2. The summed E-state index contributed by atoms with van der Waals surface area (Å²) in [6.07, 6.45) is 0.0363. The fourth-order valence-electron chi connectivity index (χ4n) is 2.22. The molecule has 0 aromatic heterocycles. The third kappa shape index (κ3) is 3.36. The number of hydrogen-bond donors (Lipinski definition) is 1. The van der Waals surface area contributed by atoms with E-state index in [9.17, 15) is 8.78 Å². The van der Waals surface area contributed by atoms with E-state index in [1.54, 1.807) is 0 Å². The molecule has 88 valence electrons. The molecule has 2 heterocycles. The van der Waals surface area contributed by atoms with Crippen LogP contribution in [0.25, 0.3) is 0 Å². The molecule has 0 aliphatic carbocycles. The minimum Gasteiger partial charge on any atom is -0.314 e. The van der Waals surface area contributed by atoms with Crippen molar-refractivity contribution in [3.8, 4) is 0 Å². The summed E-state index contributed by atoms with van der Waals surface area (Å²) in [6.45, 7) is 6.37. The van der Waals surface area contributed by atoms with E-state index in [0.29, 0.717) is 6.54 Å². The Labute approximate surface area is 89.4 Å². The zero-order valence-electron chi connectivity index (χ0n) is 9.01. The van der Waals surface area contributed by atoms with Crippen molar-refractivity contribution in [1.82, 2.24) is 15.1 Å². The molecule has 2 aliphatic heterocycles. The lowest BCUT2D eigenvalue weighted by Gasteiger charge is -2.28. The molecule has 1 N–H and O–H groups in total. The summed E-state index contributed by atoms with van der Waals surface area (Å²) in [5.74, 6) is -2.44. The summed E-state index contributed by atoms with van der Waals surface area (Å²) < 4.78 is 25.8. The molecule has 0 amide bonds. The molecular weight excluding hydrogens is 200 g/mol. The molecular formula is C10H19F2N3. The summed E-state index contributed by atoms with van der Waals surface area (Å²) in [7, 11) is 0. The smallest absolute Gasteiger partial charge is 0.261 e. The molecule has 2 rings (SSSR count). The van der Waals surface area contributed by atoms with Gasteiger partial charge in [-0.3, -0.25) is 9.80 Å². The molecule has 0 aromatic carbocycles. The van der Waals surface area contributed by atoms with Gasteiger partial charge in [0.25, 0.3) is 5.92 Å². The molecule has 0 saturated carbocycles. The minimum absolute atomic E-state index is 0.0363. The van der Waals surface area contributed by atoms with Crippen molar-refractivity contribution in [3.63, 3.8) is 0 Å². The molecule has 0 aromatic rings. The molecule has 0 unspecified atom stereocenters. The van der Waals surface area contributed by atoms with Crippen LogP contribution in [-0.4, -0.2) is 68.1 Å². The maximum Gasteiger partial charge on any atom is 0.261 e. The number of rotatable bonds is 3. The average molecular weight is 219 g/mol. The Balaban J connectivity index is 1.65. The van der Waals surface area contributed by atoms with Gasteiger partial charge < -0.3 is 5.32 Å². The van der Waals surface area contributed by atoms with Crippen molar-refractivity contribution in [2.45, 2.75) is 12.3 Å². The van der Waals surface area contributed by atoms with Crippen LogP contribution in [0.4, 0.5) is 8.78 Å². The van der Waals surface area contributed by atoms with E-state index >= 15 is 0 Å². The van der Waals surface area contributed by atoms with E-state index < -0.39 is 5.92 Å². The Morgan fingerprint density at radius 2 is 1.67 bits per heavy atom. The molecule has 5 heteroatoms. The number of piperazine rings is 1. The lowest BCUT2D eigenvalue weighted by molar-refractivity contribution is 0.0114. The van der Waals surface area contributed by atoms with Gasteiger partial charge in [-0.25, -0.2) is 8.78 Å². The van der Waals surface area contributed by atoms with Gasteiger partial charge >= 0.3 is 0 Å². The monoisotopic (exact) mass is 219 g/mol. The summed E-state index contributed by atoms with van der Waals surface area (Å²) in [4.78, 5) is 4.22. The van der Waals surface area contributed by atoms with E-state index in [4.69, 9.17) is 0 Å². The lowest BCUT2D eigenvalue weighted by Crippen LogP contribution is -2.46. The molecule has 0 spiro atoms. The number of nitrogens with zero attached hydrogens (tertiary/aromatic N) is 2. The molecule has 0 radical (unpaired) electrons. The fourth-order valence-corrected chi connectivity index (χ4v) is 2.22. The third-order valence-electron chi connectivity index (χ3n) is 3.19. The lowest BCUT2D eigenvalue weighted by atomic mass is 10.3. The van der Waals surface area contributed by atoms with Gasteiger partial charge in [0.2, 0.25) is 0 Å².